The van der Waals surface area contributed by atoms with Crippen LogP contribution in [0.3, 0.4) is 0 Å². The molecule has 1 aliphatic rings. The minimum absolute atomic E-state index is 0.108. The summed E-state index contributed by atoms with van der Waals surface area (Å²) >= 11 is 6.11. The van der Waals surface area contributed by atoms with Crippen LogP contribution in [0.1, 0.15) is 24.2 Å². The minimum atomic E-state index is -0.285. The maximum absolute atomic E-state index is 12.4. The van der Waals surface area contributed by atoms with Crippen LogP contribution in [0.15, 0.2) is 30.5 Å². The van der Waals surface area contributed by atoms with Gasteiger partial charge in [-0.25, -0.2) is 4.98 Å². The van der Waals surface area contributed by atoms with Crippen molar-refractivity contribution in [1.29, 1.82) is 0 Å². The first-order valence-electron chi connectivity index (χ1n) is 7.73. The van der Waals surface area contributed by atoms with E-state index in [9.17, 15) is 4.79 Å². The quantitative estimate of drug-likeness (QED) is 0.895. The van der Waals surface area contributed by atoms with Crippen LogP contribution in [0, 0.1) is 0 Å². The van der Waals surface area contributed by atoms with Gasteiger partial charge in [0, 0.05) is 18.7 Å². The van der Waals surface area contributed by atoms with Crippen LogP contribution in [0.2, 0.25) is 5.02 Å². The molecular formula is C17H18ClN3O3. The van der Waals surface area contributed by atoms with Gasteiger partial charge in [0.1, 0.15) is 5.82 Å². The first-order chi connectivity index (χ1) is 11.6. The third-order valence-corrected chi connectivity index (χ3v) is 4.06. The number of ether oxygens (including phenoxy) is 2. The molecule has 0 saturated carbocycles. The summed E-state index contributed by atoms with van der Waals surface area (Å²) in [5, 5.41) is 3.16. The Kier molecular flexibility index (Phi) is 4.76. The first kappa shape index (κ1) is 16.4. The van der Waals surface area contributed by atoms with E-state index in [-0.39, 0.29) is 12.7 Å². The molecule has 126 valence electrons. The predicted molar refractivity (Wildman–Crippen MR) is 93.3 cm³/mol. The Morgan fingerprint density at radius 1 is 1.29 bits per heavy atom. The zero-order chi connectivity index (χ0) is 17.1. The van der Waals surface area contributed by atoms with Crippen LogP contribution in [-0.4, -0.2) is 30.8 Å². The maximum atomic E-state index is 12.4. The van der Waals surface area contributed by atoms with Gasteiger partial charge < -0.3 is 19.7 Å². The minimum Gasteiger partial charge on any atom is -0.454 e. The zero-order valence-electron chi connectivity index (χ0n) is 13.5. The molecule has 2 heterocycles. The molecule has 2 aromatic rings. The van der Waals surface area contributed by atoms with Gasteiger partial charge in [-0.1, -0.05) is 11.6 Å². The molecule has 7 heteroatoms. The van der Waals surface area contributed by atoms with Crippen molar-refractivity contribution in [2.24, 2.45) is 0 Å². The lowest BCUT2D eigenvalue weighted by atomic mass is 10.2. The maximum Gasteiger partial charge on any atom is 0.255 e. The molecule has 0 atom stereocenters. The van der Waals surface area contributed by atoms with E-state index < -0.39 is 0 Å². The largest absolute Gasteiger partial charge is 0.454 e. The Bertz CT molecular complexity index is 745. The molecule has 0 aliphatic carbocycles. The summed E-state index contributed by atoms with van der Waals surface area (Å²) in [6.45, 7) is 6.02. The Labute approximate surface area is 145 Å². The average molecular weight is 348 g/mol. The number of amides is 1. The Morgan fingerprint density at radius 3 is 2.75 bits per heavy atom. The summed E-state index contributed by atoms with van der Waals surface area (Å²) in [5.41, 5.74) is 1.02. The van der Waals surface area contributed by atoms with Gasteiger partial charge in [-0.2, -0.15) is 0 Å². The first-order valence-corrected chi connectivity index (χ1v) is 8.11. The third-order valence-electron chi connectivity index (χ3n) is 3.78. The second-order valence-electron chi connectivity index (χ2n) is 5.22. The normalized spacial score (nSPS) is 12.1. The van der Waals surface area contributed by atoms with Crippen LogP contribution >= 0.6 is 11.6 Å². The summed E-state index contributed by atoms with van der Waals surface area (Å²) in [6, 6.07) is 6.88. The summed E-state index contributed by atoms with van der Waals surface area (Å²) in [6.07, 6.45) is 1.64. The number of halogens is 1. The van der Waals surface area contributed by atoms with E-state index >= 15 is 0 Å². The smallest absolute Gasteiger partial charge is 0.255 e. The molecule has 0 spiro atoms. The second kappa shape index (κ2) is 6.97. The highest BCUT2D eigenvalue weighted by Gasteiger charge is 2.20. The van der Waals surface area contributed by atoms with Crippen LogP contribution < -0.4 is 19.7 Å². The van der Waals surface area contributed by atoms with E-state index in [1.165, 1.54) is 0 Å². The van der Waals surface area contributed by atoms with Gasteiger partial charge in [-0.3, -0.25) is 4.79 Å². The van der Waals surface area contributed by atoms with Gasteiger partial charge >= 0.3 is 0 Å². The van der Waals surface area contributed by atoms with Gasteiger partial charge in [0.15, 0.2) is 11.5 Å². The van der Waals surface area contributed by atoms with Crippen molar-refractivity contribution in [3.8, 4) is 11.5 Å². The number of carbonyl (C=O) groups is 1. The lowest BCUT2D eigenvalue weighted by molar-refractivity contribution is 0.102. The van der Waals surface area contributed by atoms with Crippen LogP contribution in [0.25, 0.3) is 0 Å². The predicted octanol–water partition coefficient (Wildman–Crippen LogP) is 3.56. The number of carbonyl (C=O) groups excluding carboxylic acids is 1. The van der Waals surface area contributed by atoms with E-state index in [1.807, 2.05) is 12.1 Å². The summed E-state index contributed by atoms with van der Waals surface area (Å²) in [7, 11) is 0. The fourth-order valence-corrected chi connectivity index (χ4v) is 2.76. The van der Waals surface area contributed by atoms with Gasteiger partial charge in [-0.05, 0) is 38.1 Å². The van der Waals surface area contributed by atoms with E-state index in [1.54, 1.807) is 18.3 Å². The highest BCUT2D eigenvalue weighted by atomic mass is 35.5. The molecule has 1 aromatic heterocycles. The molecule has 1 aliphatic heterocycles. The number of nitrogens with zero attached hydrogens (tertiary/aromatic N) is 2. The number of nitrogens with one attached hydrogen (secondary N) is 1. The average Bonchev–Trinajstić information content (AvgIpc) is 3.06. The lowest BCUT2D eigenvalue weighted by Gasteiger charge is -2.19. The summed E-state index contributed by atoms with van der Waals surface area (Å²) < 4.78 is 10.5. The topological polar surface area (TPSA) is 63.7 Å². The molecule has 0 radical (unpaired) electrons. The number of pyridine rings is 1. The number of hydrogen-bond acceptors (Lipinski definition) is 5. The number of hydrogen-bond donors (Lipinski definition) is 1. The molecule has 0 unspecified atom stereocenters. The number of anilines is 2. The summed E-state index contributed by atoms with van der Waals surface area (Å²) in [5.74, 6) is 1.54. The van der Waals surface area contributed by atoms with E-state index in [0.717, 1.165) is 18.9 Å². The second-order valence-corrected chi connectivity index (χ2v) is 5.63. The molecular weight excluding hydrogens is 330 g/mol. The fraction of sp³-hybridized carbons (Fsp3) is 0.294. The van der Waals surface area contributed by atoms with Crippen molar-refractivity contribution in [1.82, 2.24) is 4.98 Å². The highest BCUT2D eigenvalue weighted by molar-refractivity contribution is 6.32. The number of rotatable bonds is 5. The van der Waals surface area contributed by atoms with E-state index in [0.29, 0.717) is 27.8 Å². The molecule has 3 rings (SSSR count). The van der Waals surface area contributed by atoms with Crippen molar-refractivity contribution in [3.05, 3.63) is 41.0 Å². The lowest BCUT2D eigenvalue weighted by Crippen LogP contribution is -2.22. The van der Waals surface area contributed by atoms with Crippen molar-refractivity contribution in [2.75, 3.05) is 30.1 Å². The van der Waals surface area contributed by atoms with Crippen molar-refractivity contribution in [2.45, 2.75) is 13.8 Å². The van der Waals surface area contributed by atoms with Crippen LogP contribution in [-0.2, 0) is 0 Å². The number of fused-ring (bicyclic) bond motifs is 1. The Morgan fingerprint density at radius 2 is 2.08 bits per heavy atom. The molecule has 0 bridgehead atoms. The summed E-state index contributed by atoms with van der Waals surface area (Å²) in [4.78, 5) is 18.9. The van der Waals surface area contributed by atoms with Crippen molar-refractivity contribution >= 4 is 29.0 Å². The fourth-order valence-electron chi connectivity index (χ4n) is 2.50. The van der Waals surface area contributed by atoms with Crippen LogP contribution in [0.5, 0.6) is 11.5 Å². The highest BCUT2D eigenvalue weighted by Crippen LogP contribution is 2.39. The zero-order valence-corrected chi connectivity index (χ0v) is 14.3. The molecule has 1 N–H and O–H groups in total. The van der Waals surface area contributed by atoms with Crippen molar-refractivity contribution < 1.29 is 14.3 Å². The molecule has 6 nitrogen and oxygen atoms in total. The Balaban J connectivity index is 1.74. The molecule has 0 saturated heterocycles. The number of benzene rings is 1. The third kappa shape index (κ3) is 3.23. The monoisotopic (exact) mass is 347 g/mol. The van der Waals surface area contributed by atoms with Gasteiger partial charge in [0.2, 0.25) is 6.79 Å². The Hall–Kier alpha value is -2.47. The van der Waals surface area contributed by atoms with E-state index in [2.05, 4.69) is 29.0 Å². The molecule has 1 aromatic carbocycles. The van der Waals surface area contributed by atoms with Crippen molar-refractivity contribution in [3.63, 3.8) is 0 Å². The van der Waals surface area contributed by atoms with Gasteiger partial charge in [0.05, 0.1) is 16.9 Å². The molecule has 1 amide bonds. The molecule has 24 heavy (non-hydrogen) atoms. The SMILES string of the molecule is CCN(CC)c1ccc(NC(=O)c2cc(Cl)c3c(c2)OCO3)cn1. The van der Waals surface area contributed by atoms with Gasteiger partial charge in [0.25, 0.3) is 5.91 Å². The van der Waals surface area contributed by atoms with Crippen LogP contribution in [0.4, 0.5) is 11.5 Å². The standard InChI is InChI=1S/C17H18ClN3O3/c1-3-21(4-2)15-6-5-12(9-19-15)20-17(22)11-7-13(18)16-14(8-11)23-10-24-16/h5-9H,3-4,10H2,1-2H3,(H,20,22). The van der Waals surface area contributed by atoms with E-state index in [4.69, 9.17) is 21.1 Å². The molecule has 0 fully saturated rings. The number of aromatic nitrogens is 1. The van der Waals surface area contributed by atoms with Gasteiger partial charge in [-0.15, -0.1) is 0 Å².